The quantitative estimate of drug-likeness (QED) is 0.374. The molecular weight excluding hydrogens is 186 g/mol. The zero-order valence-corrected chi connectivity index (χ0v) is 8.17. The highest BCUT2D eigenvalue weighted by Gasteiger charge is 2.01. The fourth-order valence-electron chi connectivity index (χ4n) is 0.300. The molecule has 0 aromatic heterocycles. The van der Waals surface area contributed by atoms with Crippen molar-refractivity contribution in [2.45, 2.75) is 0 Å². The normalized spacial score (nSPS) is 10.5. The molecule has 0 radical (unpaired) electrons. The maximum absolute atomic E-state index is 4.10. The Morgan fingerprint density at radius 3 is 1.62 bits per heavy atom. The molecular formula is C5H14BrNS. The third kappa shape index (κ3) is 9.92. The minimum absolute atomic E-state index is 0. The van der Waals surface area contributed by atoms with E-state index in [4.69, 9.17) is 0 Å². The van der Waals surface area contributed by atoms with Gasteiger partial charge < -0.3 is 21.5 Å². The van der Waals surface area contributed by atoms with E-state index in [0.717, 1.165) is 16.8 Å². The Morgan fingerprint density at radius 1 is 1.25 bits per heavy atom. The van der Waals surface area contributed by atoms with Crippen molar-refractivity contribution >= 4 is 12.6 Å². The monoisotopic (exact) mass is 199 g/mol. The van der Waals surface area contributed by atoms with E-state index in [9.17, 15) is 0 Å². The number of quaternary nitrogens is 1. The predicted molar refractivity (Wildman–Crippen MR) is 36.8 cm³/mol. The highest BCUT2D eigenvalue weighted by Crippen LogP contribution is 1.88. The van der Waals surface area contributed by atoms with Crippen molar-refractivity contribution in [1.82, 2.24) is 0 Å². The average molecular weight is 200 g/mol. The van der Waals surface area contributed by atoms with Gasteiger partial charge in [0.15, 0.2) is 0 Å². The van der Waals surface area contributed by atoms with E-state index >= 15 is 0 Å². The molecule has 0 bridgehead atoms. The van der Waals surface area contributed by atoms with Crippen LogP contribution in [0.15, 0.2) is 0 Å². The third-order valence-electron chi connectivity index (χ3n) is 0.771. The van der Waals surface area contributed by atoms with Gasteiger partial charge in [0.25, 0.3) is 0 Å². The Labute approximate surface area is 67.8 Å². The summed E-state index contributed by atoms with van der Waals surface area (Å²) in [5.74, 6) is 0.976. The summed E-state index contributed by atoms with van der Waals surface area (Å²) in [5.41, 5.74) is 0. The molecule has 0 aromatic rings. The van der Waals surface area contributed by atoms with Gasteiger partial charge in [0.2, 0.25) is 0 Å². The minimum atomic E-state index is 0. The molecule has 0 saturated carbocycles. The molecule has 0 spiro atoms. The molecule has 0 atom stereocenters. The SMILES string of the molecule is C[N+](C)(C)CCS.[Br-]. The van der Waals surface area contributed by atoms with Crippen molar-refractivity contribution in [3.8, 4) is 0 Å². The van der Waals surface area contributed by atoms with Gasteiger partial charge in [0.05, 0.1) is 27.7 Å². The van der Waals surface area contributed by atoms with Gasteiger partial charge >= 0.3 is 0 Å². The van der Waals surface area contributed by atoms with Crippen LogP contribution in [-0.4, -0.2) is 37.9 Å². The summed E-state index contributed by atoms with van der Waals surface area (Å²) in [6.07, 6.45) is 0. The van der Waals surface area contributed by atoms with Gasteiger partial charge in [-0.25, -0.2) is 0 Å². The summed E-state index contributed by atoms with van der Waals surface area (Å²) in [6.45, 7) is 1.14. The largest absolute Gasteiger partial charge is 1.00 e. The van der Waals surface area contributed by atoms with Crippen LogP contribution in [0.25, 0.3) is 0 Å². The van der Waals surface area contributed by atoms with Crippen LogP contribution in [0.1, 0.15) is 0 Å². The van der Waals surface area contributed by atoms with Crippen molar-refractivity contribution in [2.75, 3.05) is 33.4 Å². The van der Waals surface area contributed by atoms with Crippen LogP contribution in [0.5, 0.6) is 0 Å². The molecule has 3 heteroatoms. The molecule has 0 aliphatic heterocycles. The van der Waals surface area contributed by atoms with Crippen LogP contribution < -0.4 is 17.0 Å². The van der Waals surface area contributed by atoms with E-state index in [1.165, 1.54) is 0 Å². The summed E-state index contributed by atoms with van der Waals surface area (Å²) >= 11 is 4.10. The second-order valence-corrected chi connectivity index (χ2v) is 3.18. The first-order valence-corrected chi connectivity index (χ1v) is 3.11. The van der Waals surface area contributed by atoms with Gasteiger partial charge in [-0.1, -0.05) is 0 Å². The summed E-state index contributed by atoms with van der Waals surface area (Å²) in [5, 5.41) is 0. The molecule has 0 aliphatic rings. The van der Waals surface area contributed by atoms with E-state index in [1.807, 2.05) is 0 Å². The second-order valence-electron chi connectivity index (χ2n) is 2.74. The molecule has 0 heterocycles. The zero-order chi connectivity index (χ0) is 5.91. The van der Waals surface area contributed by atoms with Crippen LogP contribution >= 0.6 is 12.6 Å². The third-order valence-corrected chi connectivity index (χ3v) is 0.971. The van der Waals surface area contributed by atoms with Crippen LogP contribution in [0, 0.1) is 0 Å². The van der Waals surface area contributed by atoms with Crippen LogP contribution in [0.2, 0.25) is 0 Å². The lowest BCUT2D eigenvalue weighted by Gasteiger charge is -2.22. The standard InChI is InChI=1S/C5H13NS.BrH/c1-6(2,3)4-5-7;/h4-5H2,1-3H3;1H. The highest BCUT2D eigenvalue weighted by atomic mass is 79.9. The molecule has 0 aliphatic carbocycles. The van der Waals surface area contributed by atoms with E-state index in [-0.39, 0.29) is 17.0 Å². The van der Waals surface area contributed by atoms with Crippen molar-refractivity contribution in [3.05, 3.63) is 0 Å². The van der Waals surface area contributed by atoms with Crippen LogP contribution in [0.3, 0.4) is 0 Å². The Hall–Kier alpha value is 0.790. The minimum Gasteiger partial charge on any atom is -1.00 e. The van der Waals surface area contributed by atoms with E-state index in [0.29, 0.717) is 0 Å². The van der Waals surface area contributed by atoms with Crippen LogP contribution in [0.4, 0.5) is 0 Å². The summed E-state index contributed by atoms with van der Waals surface area (Å²) in [4.78, 5) is 0. The zero-order valence-electron chi connectivity index (χ0n) is 5.69. The molecule has 0 fully saturated rings. The summed E-state index contributed by atoms with van der Waals surface area (Å²) in [7, 11) is 6.49. The average Bonchev–Trinajstić information content (AvgIpc) is 1.30. The molecule has 52 valence electrons. The number of thiol groups is 1. The molecule has 0 unspecified atom stereocenters. The number of hydrogen-bond donors (Lipinski definition) is 1. The molecule has 0 amide bonds. The lowest BCUT2D eigenvalue weighted by molar-refractivity contribution is -0.867. The van der Waals surface area contributed by atoms with Gasteiger partial charge in [0, 0.05) is 5.75 Å². The van der Waals surface area contributed by atoms with Gasteiger partial charge in [0.1, 0.15) is 0 Å². The van der Waals surface area contributed by atoms with Gasteiger partial charge in [-0.2, -0.15) is 12.6 Å². The topological polar surface area (TPSA) is 0 Å². The molecule has 8 heavy (non-hydrogen) atoms. The number of halogens is 1. The number of rotatable bonds is 2. The lowest BCUT2D eigenvalue weighted by atomic mass is 10.6. The first-order valence-electron chi connectivity index (χ1n) is 2.47. The predicted octanol–water partition coefficient (Wildman–Crippen LogP) is -2.37. The van der Waals surface area contributed by atoms with Crippen molar-refractivity contribution in [1.29, 1.82) is 0 Å². The van der Waals surface area contributed by atoms with Crippen molar-refractivity contribution in [3.63, 3.8) is 0 Å². The van der Waals surface area contributed by atoms with E-state index < -0.39 is 0 Å². The summed E-state index contributed by atoms with van der Waals surface area (Å²) < 4.78 is 1.02. The highest BCUT2D eigenvalue weighted by molar-refractivity contribution is 7.80. The molecule has 0 N–H and O–H groups in total. The number of hydrogen-bond acceptors (Lipinski definition) is 1. The maximum atomic E-state index is 4.10. The first-order chi connectivity index (χ1) is 3.06. The molecule has 0 rings (SSSR count). The van der Waals surface area contributed by atoms with Crippen molar-refractivity contribution in [2.24, 2.45) is 0 Å². The van der Waals surface area contributed by atoms with E-state index in [1.54, 1.807) is 0 Å². The Kier molecular flexibility index (Phi) is 6.72. The second kappa shape index (κ2) is 4.65. The Morgan fingerprint density at radius 2 is 1.62 bits per heavy atom. The van der Waals surface area contributed by atoms with Gasteiger partial charge in [-0.15, -0.1) is 0 Å². The van der Waals surface area contributed by atoms with Crippen LogP contribution in [-0.2, 0) is 0 Å². The van der Waals surface area contributed by atoms with E-state index in [2.05, 4.69) is 33.8 Å². The smallest absolute Gasteiger partial charge is 0.0869 e. The fourth-order valence-corrected chi connectivity index (χ4v) is 0.900. The first kappa shape index (κ1) is 11.6. The molecule has 0 saturated heterocycles. The molecule has 0 aromatic carbocycles. The maximum Gasteiger partial charge on any atom is 0.0869 e. The number of nitrogens with zero attached hydrogens (tertiary/aromatic N) is 1. The van der Waals surface area contributed by atoms with Gasteiger partial charge in [-0.05, 0) is 0 Å². The lowest BCUT2D eigenvalue weighted by Crippen LogP contribution is -3.00. The Balaban J connectivity index is 0. The summed E-state index contributed by atoms with van der Waals surface area (Å²) in [6, 6.07) is 0. The Bertz CT molecular complexity index is 50.9. The van der Waals surface area contributed by atoms with Gasteiger partial charge in [-0.3, -0.25) is 0 Å². The van der Waals surface area contributed by atoms with Crippen molar-refractivity contribution < 1.29 is 21.5 Å². The fraction of sp³-hybridized carbons (Fsp3) is 1.00. The molecule has 1 nitrogen and oxygen atoms in total.